The van der Waals surface area contributed by atoms with Gasteiger partial charge in [0.25, 0.3) is 0 Å². The Labute approximate surface area is 302 Å². The molecular weight excluding hydrogens is 585 g/mol. The largest absolute Gasteiger partial charge is 0.356 e. The van der Waals surface area contributed by atoms with Crippen molar-refractivity contribution >= 4 is 5.91 Å². The fourth-order valence-electron chi connectivity index (χ4n) is 6.25. The van der Waals surface area contributed by atoms with Crippen molar-refractivity contribution in [3.8, 4) is 0 Å². The molecule has 3 heteroatoms. The van der Waals surface area contributed by atoms with Crippen LogP contribution in [0, 0.1) is 5.92 Å². The van der Waals surface area contributed by atoms with Gasteiger partial charge in [0.05, 0.1) is 0 Å². The molecule has 48 heavy (non-hydrogen) atoms. The van der Waals surface area contributed by atoms with Crippen LogP contribution in [-0.4, -0.2) is 38.0 Å². The molecular formula is C45H84N2O. The normalized spacial score (nSPS) is 12.9. The second kappa shape index (κ2) is 39.8. The summed E-state index contributed by atoms with van der Waals surface area (Å²) in [6.45, 7) is 6.48. The summed E-state index contributed by atoms with van der Waals surface area (Å²) in [4.78, 5) is 14.7. The fourth-order valence-corrected chi connectivity index (χ4v) is 6.25. The van der Waals surface area contributed by atoms with E-state index in [1.54, 1.807) is 0 Å². The summed E-state index contributed by atoms with van der Waals surface area (Å²) in [5.41, 5.74) is 0. The van der Waals surface area contributed by atoms with Gasteiger partial charge in [-0.25, -0.2) is 0 Å². The molecule has 0 saturated carbocycles. The SMILES string of the molecule is CCCCCC=CCC=CCCCCCCCCC(CCCCCCCCC=CCC=CCCCCC)CNC(=O)CCCCN(C)C. The van der Waals surface area contributed by atoms with E-state index in [9.17, 15) is 4.79 Å². The van der Waals surface area contributed by atoms with E-state index in [2.05, 4.69) is 86.8 Å². The first-order chi connectivity index (χ1) is 23.6. The van der Waals surface area contributed by atoms with Crippen LogP contribution < -0.4 is 5.32 Å². The minimum Gasteiger partial charge on any atom is -0.356 e. The van der Waals surface area contributed by atoms with E-state index in [1.807, 2.05) is 0 Å². The van der Waals surface area contributed by atoms with Gasteiger partial charge in [0.15, 0.2) is 0 Å². The molecule has 0 aliphatic carbocycles. The van der Waals surface area contributed by atoms with Crippen molar-refractivity contribution in [2.45, 2.75) is 200 Å². The van der Waals surface area contributed by atoms with Crippen LogP contribution in [0.4, 0.5) is 0 Å². The number of nitrogens with one attached hydrogen (secondary N) is 1. The highest BCUT2D eigenvalue weighted by Gasteiger charge is 2.11. The van der Waals surface area contributed by atoms with Crippen molar-refractivity contribution in [3.63, 3.8) is 0 Å². The number of hydrogen-bond acceptors (Lipinski definition) is 2. The first kappa shape index (κ1) is 46.4. The van der Waals surface area contributed by atoms with Gasteiger partial charge in [-0.1, -0.05) is 152 Å². The minimum absolute atomic E-state index is 0.257. The van der Waals surface area contributed by atoms with Crippen molar-refractivity contribution in [3.05, 3.63) is 48.6 Å². The Morgan fingerprint density at radius 2 is 0.896 bits per heavy atom. The van der Waals surface area contributed by atoms with Gasteiger partial charge >= 0.3 is 0 Å². The summed E-state index contributed by atoms with van der Waals surface area (Å²) in [6.07, 6.45) is 55.4. The molecule has 0 aliphatic rings. The second-order valence-corrected chi connectivity index (χ2v) is 14.7. The van der Waals surface area contributed by atoms with Gasteiger partial charge in [-0.3, -0.25) is 4.79 Å². The summed E-state index contributed by atoms with van der Waals surface area (Å²) in [7, 11) is 4.21. The number of allylic oxidation sites excluding steroid dienone is 8. The van der Waals surface area contributed by atoms with Crippen molar-refractivity contribution in [1.82, 2.24) is 10.2 Å². The van der Waals surface area contributed by atoms with Crippen LogP contribution in [0.2, 0.25) is 0 Å². The highest BCUT2D eigenvalue weighted by molar-refractivity contribution is 5.75. The first-order valence-corrected chi connectivity index (χ1v) is 21.1. The molecule has 1 amide bonds. The lowest BCUT2D eigenvalue weighted by molar-refractivity contribution is -0.121. The molecule has 0 heterocycles. The zero-order valence-electron chi connectivity index (χ0n) is 33.0. The van der Waals surface area contributed by atoms with Crippen LogP contribution in [0.5, 0.6) is 0 Å². The minimum atomic E-state index is 0.257. The molecule has 0 rings (SSSR count). The van der Waals surface area contributed by atoms with Crippen molar-refractivity contribution in [2.75, 3.05) is 27.2 Å². The predicted molar refractivity (Wildman–Crippen MR) is 217 cm³/mol. The van der Waals surface area contributed by atoms with Crippen LogP contribution in [0.3, 0.4) is 0 Å². The summed E-state index contributed by atoms with van der Waals surface area (Å²) in [5.74, 6) is 0.903. The summed E-state index contributed by atoms with van der Waals surface area (Å²) in [5, 5.41) is 3.31. The molecule has 0 saturated heterocycles. The Kier molecular flexibility index (Phi) is 38.5. The summed E-state index contributed by atoms with van der Waals surface area (Å²) >= 11 is 0. The van der Waals surface area contributed by atoms with Crippen molar-refractivity contribution in [1.29, 1.82) is 0 Å². The maximum Gasteiger partial charge on any atom is 0.220 e. The Morgan fingerprint density at radius 1 is 0.500 bits per heavy atom. The van der Waals surface area contributed by atoms with Crippen molar-refractivity contribution in [2.24, 2.45) is 5.92 Å². The lowest BCUT2D eigenvalue weighted by Gasteiger charge is -2.18. The van der Waals surface area contributed by atoms with Gasteiger partial charge in [-0.05, 0) is 116 Å². The van der Waals surface area contributed by atoms with Gasteiger partial charge in [0, 0.05) is 13.0 Å². The molecule has 0 aliphatic heterocycles. The molecule has 0 spiro atoms. The quantitative estimate of drug-likeness (QED) is 0.0528. The number of amides is 1. The van der Waals surface area contributed by atoms with E-state index in [0.29, 0.717) is 12.3 Å². The average molecular weight is 669 g/mol. The van der Waals surface area contributed by atoms with Crippen LogP contribution in [0.1, 0.15) is 200 Å². The highest BCUT2D eigenvalue weighted by Crippen LogP contribution is 2.19. The highest BCUT2D eigenvalue weighted by atomic mass is 16.1. The monoisotopic (exact) mass is 669 g/mol. The first-order valence-electron chi connectivity index (χ1n) is 21.1. The third kappa shape index (κ3) is 38.8. The Hall–Kier alpha value is -1.61. The van der Waals surface area contributed by atoms with E-state index in [1.165, 1.54) is 154 Å². The smallest absolute Gasteiger partial charge is 0.220 e. The third-order valence-electron chi connectivity index (χ3n) is 9.47. The topological polar surface area (TPSA) is 32.3 Å². The average Bonchev–Trinajstić information content (AvgIpc) is 3.08. The number of rotatable bonds is 37. The molecule has 0 aromatic rings. The molecule has 280 valence electrons. The van der Waals surface area contributed by atoms with Gasteiger partial charge in [0.1, 0.15) is 0 Å². The molecule has 0 unspecified atom stereocenters. The van der Waals surface area contributed by atoms with Gasteiger partial charge in [-0.15, -0.1) is 0 Å². The number of hydrogen-bond donors (Lipinski definition) is 1. The molecule has 0 aromatic heterocycles. The molecule has 1 N–H and O–H groups in total. The Morgan fingerprint density at radius 3 is 1.31 bits per heavy atom. The van der Waals surface area contributed by atoms with E-state index >= 15 is 0 Å². The Bertz CT molecular complexity index is 717. The second-order valence-electron chi connectivity index (χ2n) is 14.7. The number of carbonyl (C=O) groups excluding carboxylic acids is 1. The number of nitrogens with zero attached hydrogens (tertiary/aromatic N) is 1. The molecule has 0 atom stereocenters. The summed E-state index contributed by atoms with van der Waals surface area (Å²) < 4.78 is 0. The van der Waals surface area contributed by atoms with Gasteiger partial charge < -0.3 is 10.2 Å². The molecule has 3 nitrogen and oxygen atoms in total. The predicted octanol–water partition coefficient (Wildman–Crippen LogP) is 13.9. The van der Waals surface area contributed by atoms with Crippen LogP contribution in [0.25, 0.3) is 0 Å². The Balaban J connectivity index is 4.09. The van der Waals surface area contributed by atoms with Crippen molar-refractivity contribution < 1.29 is 4.79 Å². The van der Waals surface area contributed by atoms with Gasteiger partial charge in [0.2, 0.25) is 5.91 Å². The van der Waals surface area contributed by atoms with E-state index in [0.717, 1.165) is 38.8 Å². The van der Waals surface area contributed by atoms with E-state index in [-0.39, 0.29) is 5.91 Å². The third-order valence-corrected chi connectivity index (χ3v) is 9.47. The molecule has 0 fully saturated rings. The maximum absolute atomic E-state index is 12.5. The lowest BCUT2D eigenvalue weighted by Crippen LogP contribution is -2.29. The maximum atomic E-state index is 12.5. The van der Waals surface area contributed by atoms with Crippen LogP contribution in [0.15, 0.2) is 48.6 Å². The molecule has 0 bridgehead atoms. The fraction of sp³-hybridized carbons (Fsp3) is 0.800. The lowest BCUT2D eigenvalue weighted by atomic mass is 9.93. The van der Waals surface area contributed by atoms with Crippen LogP contribution >= 0.6 is 0 Å². The summed E-state index contributed by atoms with van der Waals surface area (Å²) in [6, 6.07) is 0. The number of carbonyl (C=O) groups is 1. The zero-order valence-corrected chi connectivity index (χ0v) is 33.0. The van der Waals surface area contributed by atoms with E-state index < -0.39 is 0 Å². The zero-order chi connectivity index (χ0) is 35.0. The van der Waals surface area contributed by atoms with Crippen LogP contribution in [-0.2, 0) is 4.79 Å². The number of unbranched alkanes of at least 4 members (excludes halogenated alkanes) is 19. The van der Waals surface area contributed by atoms with E-state index in [4.69, 9.17) is 0 Å². The van der Waals surface area contributed by atoms with Gasteiger partial charge in [-0.2, -0.15) is 0 Å². The standard InChI is InChI=1S/C45H84N2O/c1-5-7-9-11-13-15-17-19-21-23-25-27-29-31-33-35-39-44(43-46-45(48)41-37-38-42-47(3)4)40-36-34-32-30-28-26-24-22-20-18-16-14-12-10-8-6-2/h13-16,19-22,44H,5-12,17-18,23-43H2,1-4H3,(H,46,48). The molecule has 0 aromatic carbocycles. The molecule has 0 radical (unpaired) electrons.